The largest absolute Gasteiger partial charge is 0.396 e. The Labute approximate surface area is 124 Å². The van der Waals surface area contributed by atoms with Crippen LogP contribution in [0.4, 0.5) is 16.2 Å². The van der Waals surface area contributed by atoms with E-state index in [1.54, 1.807) is 0 Å². The number of urea groups is 1. The Balaban J connectivity index is 1.99. The number of benzene rings is 2. The molecule has 2 aromatic carbocycles. The molecule has 0 saturated carbocycles. The van der Waals surface area contributed by atoms with Gasteiger partial charge >= 0.3 is 6.03 Å². The zero-order chi connectivity index (χ0) is 15.2. The molecule has 0 atom stereocenters. The van der Waals surface area contributed by atoms with Gasteiger partial charge < -0.3 is 15.7 Å². The number of hydrogen-bond acceptors (Lipinski definition) is 2. The normalized spacial score (nSPS) is 10.2. The van der Waals surface area contributed by atoms with Gasteiger partial charge in [-0.15, -0.1) is 0 Å². The van der Waals surface area contributed by atoms with E-state index in [0.29, 0.717) is 6.42 Å². The number of aliphatic hydroxyl groups excluding tert-OH is 1. The average Bonchev–Trinajstić information content (AvgIpc) is 2.45. The molecule has 0 spiro atoms. The van der Waals surface area contributed by atoms with E-state index in [1.165, 1.54) is 0 Å². The minimum atomic E-state index is -0.265. The zero-order valence-electron chi connectivity index (χ0n) is 12.3. The Morgan fingerprint density at radius 1 is 1.05 bits per heavy atom. The van der Waals surface area contributed by atoms with Crippen LogP contribution in [0.2, 0.25) is 0 Å². The predicted molar refractivity (Wildman–Crippen MR) is 85.8 cm³/mol. The van der Waals surface area contributed by atoms with E-state index >= 15 is 0 Å². The molecule has 0 aromatic heterocycles. The monoisotopic (exact) mass is 284 g/mol. The molecule has 0 unspecified atom stereocenters. The van der Waals surface area contributed by atoms with Gasteiger partial charge in [-0.05, 0) is 55.2 Å². The second-order valence-electron chi connectivity index (χ2n) is 5.07. The third kappa shape index (κ3) is 4.33. The number of nitrogens with one attached hydrogen (secondary N) is 2. The highest BCUT2D eigenvalue weighted by atomic mass is 16.3. The molecule has 0 saturated heterocycles. The zero-order valence-corrected chi connectivity index (χ0v) is 12.3. The van der Waals surface area contributed by atoms with Crippen molar-refractivity contribution in [2.45, 2.75) is 20.3 Å². The van der Waals surface area contributed by atoms with Crippen molar-refractivity contribution in [3.63, 3.8) is 0 Å². The van der Waals surface area contributed by atoms with Gasteiger partial charge in [-0.2, -0.15) is 0 Å². The Bertz CT molecular complexity index is 621. The summed E-state index contributed by atoms with van der Waals surface area (Å²) >= 11 is 0. The molecule has 3 N–H and O–H groups in total. The minimum absolute atomic E-state index is 0.125. The van der Waals surface area contributed by atoms with E-state index in [2.05, 4.69) is 10.6 Å². The molecule has 0 aliphatic rings. The second kappa shape index (κ2) is 6.90. The third-order valence-corrected chi connectivity index (χ3v) is 3.25. The van der Waals surface area contributed by atoms with Crippen molar-refractivity contribution >= 4 is 17.4 Å². The lowest BCUT2D eigenvalue weighted by atomic mass is 10.1. The highest BCUT2D eigenvalue weighted by molar-refractivity contribution is 6.00. The van der Waals surface area contributed by atoms with Crippen LogP contribution in [-0.2, 0) is 6.42 Å². The van der Waals surface area contributed by atoms with Crippen LogP contribution in [0.5, 0.6) is 0 Å². The van der Waals surface area contributed by atoms with Crippen LogP contribution < -0.4 is 10.6 Å². The van der Waals surface area contributed by atoms with Crippen molar-refractivity contribution in [2.75, 3.05) is 17.2 Å². The van der Waals surface area contributed by atoms with Crippen LogP contribution in [0.1, 0.15) is 16.7 Å². The number of amides is 2. The van der Waals surface area contributed by atoms with Gasteiger partial charge in [0.1, 0.15) is 0 Å². The van der Waals surface area contributed by atoms with E-state index in [-0.39, 0.29) is 12.6 Å². The maximum Gasteiger partial charge on any atom is 0.323 e. The SMILES string of the molecule is Cc1ccc(C)c(NC(=O)Nc2ccc(CCO)cc2)c1. The smallest absolute Gasteiger partial charge is 0.323 e. The first kappa shape index (κ1) is 15.1. The van der Waals surface area contributed by atoms with Crippen LogP contribution in [0.25, 0.3) is 0 Å². The molecule has 2 rings (SSSR count). The molecular formula is C17H20N2O2. The summed E-state index contributed by atoms with van der Waals surface area (Å²) in [5.74, 6) is 0. The van der Waals surface area contributed by atoms with Crippen LogP contribution >= 0.6 is 0 Å². The van der Waals surface area contributed by atoms with Crippen molar-refractivity contribution in [1.82, 2.24) is 0 Å². The van der Waals surface area contributed by atoms with Gasteiger partial charge in [0.2, 0.25) is 0 Å². The van der Waals surface area contributed by atoms with Crippen LogP contribution in [0.3, 0.4) is 0 Å². The van der Waals surface area contributed by atoms with Gasteiger partial charge in [0.05, 0.1) is 0 Å². The number of hydrogen-bond donors (Lipinski definition) is 3. The Morgan fingerprint density at radius 2 is 1.76 bits per heavy atom. The molecule has 2 aromatic rings. The van der Waals surface area contributed by atoms with Crippen molar-refractivity contribution in [2.24, 2.45) is 0 Å². The van der Waals surface area contributed by atoms with Crippen LogP contribution in [-0.4, -0.2) is 17.7 Å². The quantitative estimate of drug-likeness (QED) is 0.805. The first-order valence-corrected chi connectivity index (χ1v) is 6.93. The predicted octanol–water partition coefficient (Wildman–Crippen LogP) is 3.48. The third-order valence-electron chi connectivity index (χ3n) is 3.25. The summed E-state index contributed by atoms with van der Waals surface area (Å²) in [6, 6.07) is 13.1. The molecule has 21 heavy (non-hydrogen) atoms. The molecule has 0 bridgehead atoms. The maximum absolute atomic E-state index is 12.0. The summed E-state index contributed by atoms with van der Waals surface area (Å²) in [6.45, 7) is 4.07. The maximum atomic E-state index is 12.0. The summed E-state index contributed by atoms with van der Waals surface area (Å²) in [6.07, 6.45) is 0.620. The molecule has 0 aliphatic carbocycles. The molecule has 0 aliphatic heterocycles. The lowest BCUT2D eigenvalue weighted by molar-refractivity contribution is 0.262. The lowest BCUT2D eigenvalue weighted by Crippen LogP contribution is -2.20. The number of anilines is 2. The topological polar surface area (TPSA) is 61.4 Å². The fourth-order valence-corrected chi connectivity index (χ4v) is 2.04. The summed E-state index contributed by atoms with van der Waals surface area (Å²) in [4.78, 5) is 12.0. The molecule has 110 valence electrons. The highest BCUT2D eigenvalue weighted by Gasteiger charge is 2.05. The molecule has 0 fully saturated rings. The van der Waals surface area contributed by atoms with E-state index < -0.39 is 0 Å². The molecular weight excluding hydrogens is 264 g/mol. The van der Waals surface area contributed by atoms with Gasteiger partial charge in [-0.3, -0.25) is 0 Å². The molecule has 4 nitrogen and oxygen atoms in total. The highest BCUT2D eigenvalue weighted by Crippen LogP contribution is 2.17. The number of rotatable bonds is 4. The Kier molecular flexibility index (Phi) is 4.95. The van der Waals surface area contributed by atoms with Crippen molar-refractivity contribution in [1.29, 1.82) is 0 Å². The van der Waals surface area contributed by atoms with Crippen molar-refractivity contribution in [3.8, 4) is 0 Å². The summed E-state index contributed by atoms with van der Waals surface area (Å²) in [7, 11) is 0. The second-order valence-corrected chi connectivity index (χ2v) is 5.07. The number of carbonyl (C=O) groups is 1. The fraction of sp³-hybridized carbons (Fsp3) is 0.235. The van der Waals surface area contributed by atoms with Gasteiger partial charge in [-0.25, -0.2) is 4.79 Å². The first-order chi connectivity index (χ1) is 10.1. The summed E-state index contributed by atoms with van der Waals surface area (Å²) in [5, 5.41) is 14.5. The van der Waals surface area contributed by atoms with Crippen molar-refractivity contribution < 1.29 is 9.90 Å². The van der Waals surface area contributed by atoms with Gasteiger partial charge in [-0.1, -0.05) is 24.3 Å². The summed E-state index contributed by atoms with van der Waals surface area (Å²) < 4.78 is 0. The fourth-order valence-electron chi connectivity index (χ4n) is 2.04. The van der Waals surface area contributed by atoms with E-state index in [0.717, 1.165) is 28.1 Å². The molecule has 0 heterocycles. The number of carbonyl (C=O) groups excluding carboxylic acids is 1. The summed E-state index contributed by atoms with van der Waals surface area (Å²) in [5.41, 5.74) is 4.69. The minimum Gasteiger partial charge on any atom is -0.396 e. The Hall–Kier alpha value is -2.33. The number of aliphatic hydroxyl groups is 1. The number of aryl methyl sites for hydroxylation is 2. The first-order valence-electron chi connectivity index (χ1n) is 6.93. The average molecular weight is 284 g/mol. The molecule has 4 heteroatoms. The van der Waals surface area contributed by atoms with Gasteiger partial charge in [0, 0.05) is 18.0 Å². The lowest BCUT2D eigenvalue weighted by Gasteiger charge is -2.11. The van der Waals surface area contributed by atoms with Gasteiger partial charge in [0.25, 0.3) is 0 Å². The van der Waals surface area contributed by atoms with Crippen LogP contribution in [0, 0.1) is 13.8 Å². The standard InChI is InChI=1S/C17H20N2O2/c1-12-3-4-13(2)16(11-12)19-17(21)18-15-7-5-14(6-8-15)9-10-20/h3-8,11,20H,9-10H2,1-2H3,(H2,18,19,21). The van der Waals surface area contributed by atoms with Crippen molar-refractivity contribution in [3.05, 3.63) is 59.2 Å². The van der Waals surface area contributed by atoms with E-state index in [4.69, 9.17) is 5.11 Å². The van der Waals surface area contributed by atoms with Gasteiger partial charge in [0.15, 0.2) is 0 Å². The van der Waals surface area contributed by atoms with Crippen LogP contribution in [0.15, 0.2) is 42.5 Å². The Morgan fingerprint density at radius 3 is 2.43 bits per heavy atom. The van der Waals surface area contributed by atoms with E-state index in [1.807, 2.05) is 56.3 Å². The van der Waals surface area contributed by atoms with E-state index in [9.17, 15) is 4.79 Å². The molecule has 0 radical (unpaired) electrons. The molecule has 2 amide bonds.